The van der Waals surface area contributed by atoms with Crippen LogP contribution in [0.25, 0.3) is 0 Å². The van der Waals surface area contributed by atoms with Crippen molar-refractivity contribution in [3.63, 3.8) is 0 Å². The number of likely N-dealkylation sites (tertiary alicyclic amines) is 1. The average Bonchev–Trinajstić information content (AvgIpc) is 3.01. The molecule has 0 spiro atoms. The lowest BCUT2D eigenvalue weighted by atomic mass is 10.0. The van der Waals surface area contributed by atoms with Crippen LogP contribution in [0.15, 0.2) is 16.8 Å². The Morgan fingerprint density at radius 2 is 2.19 bits per heavy atom. The molecule has 2 rings (SSSR count). The number of aliphatic carboxylic acids is 1. The Hall–Kier alpha value is -1.89. The number of carboxylic acid groups (broad SMARTS) is 1. The van der Waals surface area contributed by atoms with Crippen molar-refractivity contribution in [1.29, 1.82) is 0 Å². The van der Waals surface area contributed by atoms with E-state index in [0.29, 0.717) is 18.5 Å². The van der Waals surface area contributed by atoms with Crippen LogP contribution in [0, 0.1) is 0 Å². The molecule has 0 aromatic carbocycles. The Kier molecular flexibility index (Phi) is 5.32. The molecule has 1 fully saturated rings. The van der Waals surface area contributed by atoms with Crippen molar-refractivity contribution in [2.75, 3.05) is 13.1 Å². The predicted octanol–water partition coefficient (Wildman–Crippen LogP) is 1.33. The highest BCUT2D eigenvalue weighted by molar-refractivity contribution is 7.08. The third-order valence-electron chi connectivity index (χ3n) is 3.52. The van der Waals surface area contributed by atoms with Crippen LogP contribution < -0.4 is 5.32 Å². The van der Waals surface area contributed by atoms with Gasteiger partial charge in [0.05, 0.1) is 0 Å². The first-order chi connectivity index (χ1) is 10.1. The molecule has 1 saturated heterocycles. The van der Waals surface area contributed by atoms with Gasteiger partial charge in [-0.1, -0.05) is 0 Å². The highest BCUT2D eigenvalue weighted by atomic mass is 32.1. The van der Waals surface area contributed by atoms with Crippen LogP contribution in [0.2, 0.25) is 0 Å². The van der Waals surface area contributed by atoms with E-state index in [9.17, 15) is 14.4 Å². The molecule has 1 aromatic rings. The van der Waals surface area contributed by atoms with E-state index in [0.717, 1.165) is 12.8 Å². The molecule has 1 aromatic heterocycles. The van der Waals surface area contributed by atoms with Crippen molar-refractivity contribution in [3.8, 4) is 0 Å². The van der Waals surface area contributed by atoms with Gasteiger partial charge < -0.3 is 15.3 Å². The minimum Gasteiger partial charge on any atom is -0.480 e. The summed E-state index contributed by atoms with van der Waals surface area (Å²) >= 11 is 1.43. The van der Waals surface area contributed by atoms with E-state index < -0.39 is 12.0 Å². The third-order valence-corrected chi connectivity index (χ3v) is 4.20. The van der Waals surface area contributed by atoms with Crippen LogP contribution >= 0.6 is 11.3 Å². The first-order valence-corrected chi connectivity index (χ1v) is 7.86. The number of nitrogens with one attached hydrogen (secondary N) is 1. The van der Waals surface area contributed by atoms with Gasteiger partial charge in [0.1, 0.15) is 6.04 Å². The van der Waals surface area contributed by atoms with Crippen LogP contribution in [0.3, 0.4) is 0 Å². The molecule has 21 heavy (non-hydrogen) atoms. The number of carbonyl (C=O) groups excluding carboxylic acids is 2. The second-order valence-electron chi connectivity index (χ2n) is 4.95. The predicted molar refractivity (Wildman–Crippen MR) is 78.3 cm³/mol. The number of amides is 2. The maximum Gasteiger partial charge on any atom is 0.326 e. The van der Waals surface area contributed by atoms with Crippen molar-refractivity contribution in [3.05, 3.63) is 22.4 Å². The zero-order valence-electron chi connectivity index (χ0n) is 11.6. The molecule has 0 saturated carbocycles. The fourth-order valence-electron chi connectivity index (χ4n) is 2.41. The zero-order valence-corrected chi connectivity index (χ0v) is 12.4. The van der Waals surface area contributed by atoms with E-state index in [2.05, 4.69) is 5.32 Å². The second-order valence-corrected chi connectivity index (χ2v) is 5.73. The summed E-state index contributed by atoms with van der Waals surface area (Å²) in [4.78, 5) is 36.4. The third kappa shape index (κ3) is 4.04. The minimum atomic E-state index is -0.953. The number of thiophene rings is 1. The van der Waals surface area contributed by atoms with Crippen LogP contribution in [0.4, 0.5) is 0 Å². The quantitative estimate of drug-likeness (QED) is 0.859. The summed E-state index contributed by atoms with van der Waals surface area (Å²) in [6.45, 7) is 0.699. The van der Waals surface area contributed by atoms with E-state index in [-0.39, 0.29) is 24.8 Å². The number of piperidine rings is 1. The summed E-state index contributed by atoms with van der Waals surface area (Å²) < 4.78 is 0. The molecule has 7 heteroatoms. The second kappa shape index (κ2) is 7.21. The van der Waals surface area contributed by atoms with Crippen LogP contribution in [0.5, 0.6) is 0 Å². The van der Waals surface area contributed by atoms with Gasteiger partial charge in [-0.3, -0.25) is 9.59 Å². The fourth-order valence-corrected chi connectivity index (χ4v) is 3.05. The SMILES string of the molecule is O=C(NCCC(=O)N1CCCC[C@H]1C(=O)O)c1ccsc1. The molecule has 2 amide bonds. The smallest absolute Gasteiger partial charge is 0.326 e. The lowest BCUT2D eigenvalue weighted by Gasteiger charge is -2.33. The number of rotatable bonds is 5. The van der Waals surface area contributed by atoms with E-state index in [1.165, 1.54) is 16.2 Å². The van der Waals surface area contributed by atoms with Gasteiger partial charge in [-0.2, -0.15) is 11.3 Å². The van der Waals surface area contributed by atoms with Crippen molar-refractivity contribution < 1.29 is 19.5 Å². The van der Waals surface area contributed by atoms with E-state index >= 15 is 0 Å². The van der Waals surface area contributed by atoms with Crippen molar-refractivity contribution in [2.24, 2.45) is 0 Å². The molecule has 2 heterocycles. The molecule has 6 nitrogen and oxygen atoms in total. The molecule has 114 valence electrons. The Morgan fingerprint density at radius 3 is 2.86 bits per heavy atom. The summed E-state index contributed by atoms with van der Waals surface area (Å²) in [5, 5.41) is 15.4. The topological polar surface area (TPSA) is 86.7 Å². The highest BCUT2D eigenvalue weighted by Crippen LogP contribution is 2.18. The average molecular weight is 310 g/mol. The molecule has 0 unspecified atom stereocenters. The summed E-state index contributed by atoms with van der Waals surface area (Å²) in [5.74, 6) is -1.38. The van der Waals surface area contributed by atoms with E-state index in [1.54, 1.807) is 11.4 Å². The molecule has 0 radical (unpaired) electrons. The Bertz CT molecular complexity index is 515. The van der Waals surface area contributed by atoms with Crippen molar-refractivity contribution >= 4 is 29.1 Å². The maximum absolute atomic E-state index is 12.1. The normalized spacial score (nSPS) is 18.3. The summed E-state index contributed by atoms with van der Waals surface area (Å²) in [6.07, 6.45) is 2.29. The fraction of sp³-hybridized carbons (Fsp3) is 0.500. The molecule has 1 atom stereocenters. The number of carboxylic acids is 1. The van der Waals surface area contributed by atoms with Crippen LogP contribution in [0.1, 0.15) is 36.0 Å². The van der Waals surface area contributed by atoms with Gasteiger partial charge in [-0.25, -0.2) is 4.79 Å². The lowest BCUT2D eigenvalue weighted by molar-refractivity contribution is -0.152. The molecule has 0 bridgehead atoms. The van der Waals surface area contributed by atoms with Gasteiger partial charge in [0.2, 0.25) is 5.91 Å². The molecule has 2 N–H and O–H groups in total. The van der Waals surface area contributed by atoms with Gasteiger partial charge in [0, 0.05) is 30.5 Å². The zero-order chi connectivity index (χ0) is 15.2. The van der Waals surface area contributed by atoms with Gasteiger partial charge in [0.25, 0.3) is 5.91 Å². The first kappa shape index (κ1) is 15.5. The lowest BCUT2D eigenvalue weighted by Crippen LogP contribution is -2.48. The Balaban J connectivity index is 1.81. The van der Waals surface area contributed by atoms with Crippen LogP contribution in [-0.2, 0) is 9.59 Å². The summed E-state index contributed by atoms with van der Waals surface area (Å²) in [7, 11) is 0. The molecular weight excluding hydrogens is 292 g/mol. The Morgan fingerprint density at radius 1 is 1.38 bits per heavy atom. The van der Waals surface area contributed by atoms with Gasteiger partial charge in [-0.05, 0) is 30.7 Å². The van der Waals surface area contributed by atoms with Crippen LogP contribution in [-0.4, -0.2) is 46.9 Å². The number of hydrogen-bond donors (Lipinski definition) is 2. The van der Waals surface area contributed by atoms with Gasteiger partial charge in [0.15, 0.2) is 0 Å². The van der Waals surface area contributed by atoms with Gasteiger partial charge >= 0.3 is 5.97 Å². The summed E-state index contributed by atoms with van der Waals surface area (Å²) in [6, 6.07) is 0.992. The number of carbonyl (C=O) groups is 3. The number of hydrogen-bond acceptors (Lipinski definition) is 4. The first-order valence-electron chi connectivity index (χ1n) is 6.92. The molecule has 1 aliphatic heterocycles. The van der Waals surface area contributed by atoms with E-state index in [4.69, 9.17) is 5.11 Å². The highest BCUT2D eigenvalue weighted by Gasteiger charge is 2.31. The molecular formula is C14H18N2O4S. The largest absolute Gasteiger partial charge is 0.480 e. The maximum atomic E-state index is 12.1. The number of nitrogens with zero attached hydrogens (tertiary/aromatic N) is 1. The van der Waals surface area contributed by atoms with Gasteiger partial charge in [-0.15, -0.1) is 0 Å². The van der Waals surface area contributed by atoms with E-state index in [1.807, 2.05) is 5.38 Å². The molecule has 1 aliphatic rings. The standard InChI is InChI=1S/C14H18N2O4S/c17-12(16-7-2-1-3-11(16)14(19)20)4-6-15-13(18)10-5-8-21-9-10/h5,8-9,11H,1-4,6-7H2,(H,15,18)(H,19,20)/t11-/m0/s1. The van der Waals surface area contributed by atoms with Crippen molar-refractivity contribution in [2.45, 2.75) is 31.7 Å². The minimum absolute atomic E-state index is 0.125. The molecule has 0 aliphatic carbocycles. The summed E-state index contributed by atoms with van der Waals surface area (Å²) in [5.41, 5.74) is 0.578. The Labute approximate surface area is 126 Å². The van der Waals surface area contributed by atoms with Crippen molar-refractivity contribution in [1.82, 2.24) is 10.2 Å². The monoisotopic (exact) mass is 310 g/mol.